The lowest BCUT2D eigenvalue weighted by Gasteiger charge is -2.31. The third-order valence-corrected chi connectivity index (χ3v) is 23.2. The van der Waals surface area contributed by atoms with E-state index in [0.717, 1.165) is 32.5 Å². The van der Waals surface area contributed by atoms with E-state index in [4.69, 9.17) is 11.5 Å². The molecule has 112 heavy (non-hydrogen) atoms. The van der Waals surface area contributed by atoms with E-state index in [-0.39, 0.29) is 76.0 Å². The summed E-state index contributed by atoms with van der Waals surface area (Å²) in [6.07, 6.45) is 8.61. The van der Waals surface area contributed by atoms with Gasteiger partial charge in [0, 0.05) is 133 Å². The van der Waals surface area contributed by atoms with Gasteiger partial charge in [-0.3, -0.25) is 57.5 Å². The summed E-state index contributed by atoms with van der Waals surface area (Å²) in [7, 11) is 2.13. The summed E-state index contributed by atoms with van der Waals surface area (Å²) in [6.45, 7) is 6.43. The van der Waals surface area contributed by atoms with Crippen molar-refractivity contribution in [2.24, 2.45) is 34.6 Å². The van der Waals surface area contributed by atoms with Crippen LogP contribution in [0.4, 0.5) is 0 Å². The van der Waals surface area contributed by atoms with E-state index >= 15 is 57.5 Å². The summed E-state index contributed by atoms with van der Waals surface area (Å²) in [5, 5.41) is 24.5. The zero-order valence-electron chi connectivity index (χ0n) is 63.5. The van der Waals surface area contributed by atoms with Crippen molar-refractivity contribution in [3.8, 4) is 0 Å². The number of Topliss-reactive ketones (excluding diaryl/α,β-unsaturated/α-hetero) is 4. The summed E-state index contributed by atoms with van der Waals surface area (Å²) in [5.74, 6) is -12.5. The largest absolute Gasteiger partial charge is 0.361 e. The second-order valence-electron chi connectivity index (χ2n) is 30.3. The number of aromatic nitrogens is 6. The molecule has 10 atom stereocenters. The van der Waals surface area contributed by atoms with Gasteiger partial charge in [0.2, 0.25) is 47.3 Å². The van der Waals surface area contributed by atoms with Crippen LogP contribution in [0.25, 0.3) is 21.8 Å². The molecule has 6 heterocycles. The van der Waals surface area contributed by atoms with Gasteiger partial charge in [-0.25, -0.2) is 9.97 Å². The van der Waals surface area contributed by atoms with Crippen molar-refractivity contribution in [3.63, 3.8) is 0 Å². The third-order valence-electron chi connectivity index (χ3n) is 20.7. The molecule has 8 aromatic rings. The number of imidazole rings is 2. The second-order valence-corrected chi connectivity index (χ2v) is 32.8. The number of ketones is 4. The van der Waals surface area contributed by atoms with Gasteiger partial charge in [0.15, 0.2) is 5.78 Å². The van der Waals surface area contributed by atoms with E-state index < -0.39 is 167 Å². The number of hydrogen-bond donors (Lipinski definition) is 14. The summed E-state index contributed by atoms with van der Waals surface area (Å²) in [5.41, 5.74) is 13.3. The smallest absolute Gasteiger partial charge is 0.245 e. The molecule has 2 fully saturated rings. The van der Waals surface area contributed by atoms with Crippen LogP contribution in [0.1, 0.15) is 126 Å². The lowest BCUT2D eigenvalue weighted by atomic mass is 9.75. The monoisotopic (exact) mass is 1570 g/mol. The lowest BCUT2D eigenvalue weighted by Crippen LogP contribution is -2.64. The van der Waals surface area contributed by atoms with E-state index in [0.29, 0.717) is 70.2 Å². The Labute approximate surface area is 658 Å². The molecule has 4 aromatic heterocycles. The summed E-state index contributed by atoms with van der Waals surface area (Å²) in [6, 6.07) is 22.5. The van der Waals surface area contributed by atoms with Crippen molar-refractivity contribution in [1.82, 2.24) is 72.4 Å². The fourth-order valence-electron chi connectivity index (χ4n) is 14.1. The average Bonchev–Trinajstić information content (AvgIpc) is 1.75. The molecule has 10 rings (SSSR count). The van der Waals surface area contributed by atoms with Crippen LogP contribution in [-0.2, 0) is 96.1 Å². The number of hydrogen-bond acceptors (Lipinski definition) is 18. The van der Waals surface area contributed by atoms with E-state index in [1.807, 2.05) is 48.5 Å². The number of nitrogens with two attached hydrogens (primary N) is 2. The third kappa shape index (κ3) is 23.5. The molecule has 2 aliphatic rings. The average molecular weight is 1570 g/mol. The maximum Gasteiger partial charge on any atom is 0.245 e. The first-order valence-electron chi connectivity index (χ1n) is 38.2. The number of nitrogens with one attached hydrogen (secondary N) is 12. The standard InChI is InChI=1S/C82H102N16O12S2/c1-81(2)40-71(101)55-37-69(99)51(33-53-41-87-60-25-13-11-23-58(53)60)36-70(100)62(27-15-17-29-83)91-75(105)65(32-50-21-9-6-10-22-50)94-78(108)67(39-57-44-86-48-90-57)97-80(110)82(3,4)98-79(109)68(46-112-111-45-55)96-77(107)66(35-54-42-88-61-26-14-12-24-59(54)61)95-74(104)63(28-16-18-30-84)92-76(106)64(31-49-19-7-5-8-20-49)93-73(103)52(38-72(81)102)34-56-43-85-47-89-56/h5-14,19-26,41-44,47-48,51-52,55,62-68,87-88H,15-18,27-40,45-46,83-84H2,1-4H3,(H,85,89)(H,86,90)(H,91,105)(H,92,106)(H,93,103)(H,94,108)(H,95,104)(H,96,107)(H,97,110)(H,98,109)/t51-,52-,55+,62+,63+,64-,65-,66+,67+,68+/m1/s1. The van der Waals surface area contributed by atoms with Gasteiger partial charge in [-0.2, -0.15) is 0 Å². The molecule has 0 aliphatic carbocycles. The van der Waals surface area contributed by atoms with Gasteiger partial charge in [0.05, 0.1) is 36.0 Å². The minimum Gasteiger partial charge on any atom is -0.361 e. The summed E-state index contributed by atoms with van der Waals surface area (Å²) < 4.78 is 0. The highest BCUT2D eigenvalue weighted by molar-refractivity contribution is 8.76. The summed E-state index contributed by atoms with van der Waals surface area (Å²) >= 11 is 0. The van der Waals surface area contributed by atoms with E-state index in [9.17, 15) is 0 Å². The van der Waals surface area contributed by atoms with Crippen molar-refractivity contribution in [3.05, 3.63) is 180 Å². The highest BCUT2D eigenvalue weighted by Gasteiger charge is 2.42. The van der Waals surface area contributed by atoms with Crippen LogP contribution in [0.2, 0.25) is 0 Å². The quantitative estimate of drug-likeness (QED) is 0.0330. The topological polar surface area (TPSA) is 442 Å². The van der Waals surface area contributed by atoms with E-state index in [1.54, 1.807) is 93.1 Å². The minimum atomic E-state index is -1.91. The van der Waals surface area contributed by atoms with Crippen LogP contribution >= 0.6 is 21.6 Å². The Morgan fingerprint density at radius 3 is 1.46 bits per heavy atom. The maximum atomic E-state index is 15.8. The van der Waals surface area contributed by atoms with Gasteiger partial charge in [0.1, 0.15) is 59.1 Å². The predicted molar refractivity (Wildman–Crippen MR) is 428 cm³/mol. The molecule has 2 aliphatic heterocycles. The Bertz CT molecular complexity index is 4280. The SMILES string of the molecule is CC1(C)CC(=O)[C@@H]2CSSC[C@H](NC(=O)[C@H](Cc3c[nH]c4ccccc34)NC(=O)[C@H](CCCCN)NC(=O)[C@@H](Cc3ccccc3)NC(=O)[C@H](Cc3c[nH]cn3)CC1=O)C(=O)NC(C)(C)C(=O)N[C@@H](Cc1c[nH]cn1)C(=O)N[C@H](Cc1ccccc1)C(=O)N[C@@H](CCCCN)C(=O)C[C@@H](Cc1c[nH]c3ccccc13)C(=O)C2. The van der Waals surface area contributed by atoms with E-state index in [2.05, 4.69) is 72.4 Å². The molecule has 2 saturated heterocycles. The Morgan fingerprint density at radius 2 is 0.893 bits per heavy atom. The molecule has 16 N–H and O–H groups in total. The Kier molecular flexibility index (Phi) is 30.0. The number of amides is 8. The fraction of sp³-hybridized carbons (Fsp3) is 0.439. The number of nitrogens with zero attached hydrogens (tertiary/aromatic N) is 2. The van der Waals surface area contributed by atoms with E-state index in [1.165, 1.54) is 32.7 Å². The van der Waals surface area contributed by atoms with Crippen LogP contribution < -0.4 is 54.0 Å². The number of fused-ring (bicyclic) bond motifs is 7. The zero-order chi connectivity index (χ0) is 79.9. The highest BCUT2D eigenvalue weighted by atomic mass is 33.1. The normalized spacial score (nSPS) is 23.7. The van der Waals surface area contributed by atoms with Crippen LogP contribution in [-0.4, -0.2) is 173 Å². The van der Waals surface area contributed by atoms with Crippen molar-refractivity contribution < 1.29 is 57.5 Å². The number of rotatable bonds is 20. The zero-order valence-corrected chi connectivity index (χ0v) is 65.2. The molecular weight excluding hydrogens is 1470 g/mol. The summed E-state index contributed by atoms with van der Waals surface area (Å²) in [4.78, 5) is 205. The molecule has 4 aromatic carbocycles. The van der Waals surface area contributed by atoms with Gasteiger partial charge in [-0.1, -0.05) is 132 Å². The Morgan fingerprint density at radius 1 is 0.420 bits per heavy atom. The number of unbranched alkanes of at least 4 members (excludes halogenated alkanes) is 2. The number of benzene rings is 4. The molecule has 28 nitrogen and oxygen atoms in total. The molecule has 0 unspecified atom stereocenters. The predicted octanol–water partition coefficient (Wildman–Crippen LogP) is 5.52. The van der Waals surface area contributed by atoms with Gasteiger partial charge in [0.25, 0.3) is 0 Å². The molecule has 2 bridgehead atoms. The van der Waals surface area contributed by atoms with Crippen LogP contribution in [0, 0.1) is 23.2 Å². The molecule has 0 saturated carbocycles. The molecule has 0 spiro atoms. The van der Waals surface area contributed by atoms with Crippen molar-refractivity contribution >= 4 is 114 Å². The molecule has 594 valence electrons. The molecule has 0 radical (unpaired) electrons. The van der Waals surface area contributed by atoms with Crippen LogP contribution in [0.15, 0.2) is 147 Å². The number of para-hydroxylation sites is 2. The second kappa shape index (κ2) is 40.1. The Hall–Kier alpha value is -10.6. The van der Waals surface area contributed by atoms with Crippen LogP contribution in [0.5, 0.6) is 0 Å². The Balaban J connectivity index is 1.09. The number of carbonyl (C=O) groups excluding carboxylic acids is 12. The first kappa shape index (κ1) is 83.9. The molecule has 8 amide bonds. The molecular formula is C82H102N16O12S2. The number of carbonyl (C=O) groups is 12. The molecule has 30 heteroatoms. The van der Waals surface area contributed by atoms with Gasteiger partial charge >= 0.3 is 0 Å². The van der Waals surface area contributed by atoms with Crippen molar-refractivity contribution in [2.45, 2.75) is 178 Å². The van der Waals surface area contributed by atoms with Gasteiger partial charge < -0.3 is 73.9 Å². The first-order valence-corrected chi connectivity index (χ1v) is 40.7. The van der Waals surface area contributed by atoms with Crippen molar-refractivity contribution in [2.75, 3.05) is 24.6 Å². The number of aromatic amines is 4. The van der Waals surface area contributed by atoms with Gasteiger partial charge in [-0.05, 0) is 106 Å². The fourth-order valence-corrected chi connectivity index (χ4v) is 16.6. The first-order chi connectivity index (χ1) is 53.8. The van der Waals surface area contributed by atoms with Gasteiger partial charge in [-0.15, -0.1) is 0 Å². The maximum absolute atomic E-state index is 15.8. The van der Waals surface area contributed by atoms with Crippen LogP contribution in [0.3, 0.4) is 0 Å². The highest BCUT2D eigenvalue weighted by Crippen LogP contribution is 2.35. The lowest BCUT2D eigenvalue weighted by molar-refractivity contribution is -0.138. The minimum absolute atomic E-state index is 0.00249. The number of H-pyrrole nitrogens is 4. The van der Waals surface area contributed by atoms with Crippen molar-refractivity contribution in [1.29, 1.82) is 0 Å².